The minimum atomic E-state index is -4.00. The van der Waals surface area contributed by atoms with Crippen LogP contribution in [0.25, 0.3) is 0 Å². The van der Waals surface area contributed by atoms with Gasteiger partial charge in [-0.3, -0.25) is 19.1 Å². The number of hydrogen-bond acceptors (Lipinski definition) is 7. The van der Waals surface area contributed by atoms with Crippen molar-refractivity contribution in [3.63, 3.8) is 0 Å². The van der Waals surface area contributed by atoms with Crippen molar-refractivity contribution in [1.82, 2.24) is 9.55 Å². The Labute approximate surface area is 216 Å². The van der Waals surface area contributed by atoms with Crippen LogP contribution >= 0.6 is 0 Å². The number of nitrogens with two attached hydrogens (primary N) is 1. The van der Waals surface area contributed by atoms with Crippen LogP contribution in [0.2, 0.25) is 0 Å². The number of hydrogen-bond donors (Lipinski definition) is 2. The van der Waals surface area contributed by atoms with Crippen molar-refractivity contribution in [1.29, 1.82) is 0 Å². The van der Waals surface area contributed by atoms with Crippen molar-refractivity contribution in [2.24, 2.45) is 10.3 Å². The summed E-state index contributed by atoms with van der Waals surface area (Å²) in [5.74, 6) is -0.209. The van der Waals surface area contributed by atoms with Crippen LogP contribution in [0.15, 0.2) is 37.1 Å². The zero-order valence-electron chi connectivity index (χ0n) is 21.5. The third-order valence-corrected chi connectivity index (χ3v) is 7.94. The molecular formula is C25H34N6O5S. The molecule has 0 bridgehead atoms. The molecule has 3 N–H and O–H groups in total. The van der Waals surface area contributed by atoms with E-state index in [1.807, 2.05) is 25.7 Å². The molecule has 37 heavy (non-hydrogen) atoms. The number of carbonyl (C=O) groups excluding carboxylic acids is 1. The Morgan fingerprint density at radius 2 is 1.97 bits per heavy atom. The zero-order valence-corrected chi connectivity index (χ0v) is 22.3. The first-order chi connectivity index (χ1) is 17.5. The molecular weight excluding hydrogens is 496 g/mol. The second-order valence-electron chi connectivity index (χ2n) is 9.94. The number of aromatic amines is 1. The lowest BCUT2D eigenvalue weighted by Crippen LogP contribution is -2.43. The van der Waals surface area contributed by atoms with E-state index in [4.69, 9.17) is 5.73 Å². The Bertz CT molecular complexity index is 1460. The molecule has 200 valence electrons. The topological polar surface area (TPSA) is 151 Å². The molecule has 0 aliphatic carbocycles. The number of anilines is 3. The van der Waals surface area contributed by atoms with E-state index in [9.17, 15) is 22.8 Å². The number of H-pyrrole nitrogens is 1. The first kappa shape index (κ1) is 26.6. The largest absolute Gasteiger partial charge is 0.383 e. The molecule has 2 aromatic rings. The van der Waals surface area contributed by atoms with Crippen molar-refractivity contribution in [3.8, 4) is 0 Å². The molecule has 0 unspecified atom stereocenters. The molecule has 0 atom stereocenters. The number of nitrogens with zero attached hydrogens (tertiary/aromatic N) is 4. The van der Waals surface area contributed by atoms with Crippen molar-refractivity contribution in [2.45, 2.75) is 70.7 Å². The number of carbonyl (C=O) groups is 1. The molecule has 0 radical (unpaired) electrons. The molecule has 2 aliphatic heterocycles. The summed E-state index contributed by atoms with van der Waals surface area (Å²) >= 11 is 0. The van der Waals surface area contributed by atoms with E-state index < -0.39 is 27.2 Å². The predicted molar refractivity (Wildman–Crippen MR) is 144 cm³/mol. The summed E-state index contributed by atoms with van der Waals surface area (Å²) in [6.07, 6.45) is 4.82. The maximum Gasteiger partial charge on any atom is 0.330 e. The lowest BCUT2D eigenvalue weighted by Gasteiger charge is -2.30. The predicted octanol–water partition coefficient (Wildman–Crippen LogP) is 2.70. The fourth-order valence-electron chi connectivity index (χ4n) is 4.79. The fraction of sp³-hybridized carbons (Fsp3) is 0.520. The number of nitrogens with one attached hydrogen (secondary N) is 1. The summed E-state index contributed by atoms with van der Waals surface area (Å²) in [6.45, 7) is 6.80. The van der Waals surface area contributed by atoms with Gasteiger partial charge in [0, 0.05) is 31.6 Å². The van der Waals surface area contributed by atoms with Gasteiger partial charge in [-0.05, 0) is 43.4 Å². The standard InChI is InChI=1S/C25H34N6O5S/c1-4-5-12-30-22(26)21(23(32)27-25(30)34)31(15-16(2)3)24(33)17-10-11-18-19(14-17)37(35,36)28-20-9-7-6-8-13-29(18)20/h10-11,14,16H,4-9,12-13,15,26H2,1-3H3,(H,27,32,34). The average molecular weight is 531 g/mol. The third-order valence-electron chi connectivity index (χ3n) is 6.61. The summed E-state index contributed by atoms with van der Waals surface area (Å²) in [4.78, 5) is 44.5. The number of unbranched alkanes of at least 4 members (excludes halogenated alkanes) is 1. The van der Waals surface area contributed by atoms with Crippen LogP contribution in [-0.2, 0) is 16.6 Å². The lowest BCUT2D eigenvalue weighted by molar-refractivity contribution is 0.0983. The quantitative estimate of drug-likeness (QED) is 0.558. The summed E-state index contributed by atoms with van der Waals surface area (Å²) in [5.41, 5.74) is 5.35. The van der Waals surface area contributed by atoms with Gasteiger partial charge in [0.05, 0.1) is 5.69 Å². The second kappa shape index (κ2) is 10.5. The SMILES string of the molecule is CCCCn1c(N)c(N(CC(C)C)C(=O)c2ccc3c(c2)S(=O)(=O)N=C2CCCCCN23)c(=O)[nH]c1=O. The highest BCUT2D eigenvalue weighted by molar-refractivity contribution is 7.90. The van der Waals surface area contributed by atoms with Gasteiger partial charge >= 0.3 is 5.69 Å². The first-order valence-corrected chi connectivity index (χ1v) is 14.2. The highest BCUT2D eigenvalue weighted by Gasteiger charge is 2.33. The molecule has 1 fully saturated rings. The van der Waals surface area contributed by atoms with Crippen molar-refractivity contribution in [2.75, 3.05) is 28.6 Å². The maximum absolute atomic E-state index is 13.8. The summed E-state index contributed by atoms with van der Waals surface area (Å²) < 4.78 is 31.4. The fourth-order valence-corrected chi connectivity index (χ4v) is 6.07. The van der Waals surface area contributed by atoms with Crippen molar-refractivity contribution < 1.29 is 13.2 Å². The van der Waals surface area contributed by atoms with Gasteiger partial charge in [-0.25, -0.2) is 4.79 Å². The van der Waals surface area contributed by atoms with E-state index >= 15 is 0 Å². The van der Waals surface area contributed by atoms with Crippen LogP contribution < -0.4 is 26.8 Å². The Hall–Kier alpha value is -3.41. The van der Waals surface area contributed by atoms with Gasteiger partial charge in [0.2, 0.25) is 0 Å². The summed E-state index contributed by atoms with van der Waals surface area (Å²) in [6, 6.07) is 4.52. The van der Waals surface area contributed by atoms with Gasteiger partial charge in [0.1, 0.15) is 16.5 Å². The number of amides is 1. The van der Waals surface area contributed by atoms with Gasteiger partial charge in [-0.1, -0.05) is 33.6 Å². The Kier molecular flexibility index (Phi) is 7.58. The average Bonchev–Trinajstić information content (AvgIpc) is 3.07. The maximum atomic E-state index is 13.8. The van der Waals surface area contributed by atoms with E-state index in [0.717, 1.165) is 25.7 Å². The molecule has 1 saturated heterocycles. The van der Waals surface area contributed by atoms with Crippen LogP contribution in [0.5, 0.6) is 0 Å². The normalized spacial score (nSPS) is 16.5. The van der Waals surface area contributed by atoms with Crippen molar-refractivity contribution in [3.05, 3.63) is 44.6 Å². The molecule has 1 aromatic heterocycles. The van der Waals surface area contributed by atoms with Gasteiger partial charge in [-0.2, -0.15) is 8.42 Å². The molecule has 1 aromatic carbocycles. The number of fused-ring (bicyclic) bond motifs is 3. The summed E-state index contributed by atoms with van der Waals surface area (Å²) in [5, 5.41) is 0. The van der Waals surface area contributed by atoms with E-state index in [2.05, 4.69) is 9.38 Å². The van der Waals surface area contributed by atoms with E-state index in [-0.39, 0.29) is 34.4 Å². The highest BCUT2D eigenvalue weighted by atomic mass is 32.2. The van der Waals surface area contributed by atoms with E-state index in [0.29, 0.717) is 37.5 Å². The minimum absolute atomic E-state index is 0.0386. The van der Waals surface area contributed by atoms with Crippen LogP contribution in [0.3, 0.4) is 0 Å². The molecule has 0 saturated carbocycles. The third kappa shape index (κ3) is 5.20. The summed E-state index contributed by atoms with van der Waals surface area (Å²) in [7, 11) is -4.00. The number of nitrogen functional groups attached to an aromatic ring is 1. The minimum Gasteiger partial charge on any atom is -0.383 e. The van der Waals surface area contributed by atoms with Crippen molar-refractivity contribution >= 4 is 39.0 Å². The molecule has 12 heteroatoms. The smallest absolute Gasteiger partial charge is 0.330 e. The number of benzene rings is 1. The Morgan fingerprint density at radius 1 is 1.22 bits per heavy atom. The second-order valence-corrected chi connectivity index (χ2v) is 11.5. The monoisotopic (exact) mass is 530 g/mol. The van der Waals surface area contributed by atoms with Crippen LogP contribution in [0.1, 0.15) is 69.7 Å². The molecule has 0 spiro atoms. The number of amidine groups is 1. The highest BCUT2D eigenvalue weighted by Crippen LogP contribution is 2.35. The number of sulfonamides is 1. The molecule has 3 heterocycles. The molecule has 11 nitrogen and oxygen atoms in total. The van der Waals surface area contributed by atoms with Gasteiger partial charge in [-0.15, -0.1) is 4.40 Å². The molecule has 1 amide bonds. The van der Waals surface area contributed by atoms with E-state index in [1.54, 1.807) is 12.1 Å². The zero-order chi connectivity index (χ0) is 26.9. The van der Waals surface area contributed by atoms with Gasteiger partial charge in [0.25, 0.3) is 21.5 Å². The lowest BCUT2D eigenvalue weighted by atomic mass is 10.1. The van der Waals surface area contributed by atoms with Crippen LogP contribution in [0.4, 0.5) is 17.2 Å². The Morgan fingerprint density at radius 3 is 2.68 bits per heavy atom. The van der Waals surface area contributed by atoms with Gasteiger partial charge < -0.3 is 15.5 Å². The number of rotatable bonds is 7. The molecule has 4 rings (SSSR count). The Balaban J connectivity index is 1.81. The van der Waals surface area contributed by atoms with Crippen LogP contribution in [0, 0.1) is 5.92 Å². The van der Waals surface area contributed by atoms with E-state index in [1.165, 1.54) is 15.5 Å². The first-order valence-electron chi connectivity index (χ1n) is 12.7. The van der Waals surface area contributed by atoms with Crippen LogP contribution in [-0.4, -0.2) is 42.8 Å². The van der Waals surface area contributed by atoms with Gasteiger partial charge in [0.15, 0.2) is 5.69 Å². The molecule has 2 aliphatic rings. The number of aromatic nitrogens is 2.